The van der Waals surface area contributed by atoms with E-state index in [9.17, 15) is 4.79 Å². The number of aromatic nitrogens is 1. The summed E-state index contributed by atoms with van der Waals surface area (Å²) in [5.74, 6) is 0.267. The largest absolute Gasteiger partial charge is 0.326 e. The van der Waals surface area contributed by atoms with Gasteiger partial charge < -0.3 is 10.6 Å². The molecule has 1 aromatic heterocycles. The van der Waals surface area contributed by atoms with Crippen molar-refractivity contribution in [2.45, 2.75) is 22.6 Å². The lowest BCUT2D eigenvalue weighted by atomic mass is 9.97. The molecule has 1 aliphatic rings. The van der Waals surface area contributed by atoms with E-state index in [2.05, 4.69) is 15.6 Å². The maximum absolute atomic E-state index is 12.2. The molecule has 1 amide bonds. The minimum atomic E-state index is 0.132. The zero-order chi connectivity index (χ0) is 15.2. The predicted octanol–water partition coefficient (Wildman–Crippen LogP) is 3.17. The zero-order valence-corrected chi connectivity index (χ0v) is 13.1. The Kier molecular flexibility index (Phi) is 5.08. The molecule has 1 saturated heterocycles. The van der Waals surface area contributed by atoms with Crippen LogP contribution in [0.3, 0.4) is 0 Å². The van der Waals surface area contributed by atoms with Gasteiger partial charge in [-0.05, 0) is 62.3 Å². The van der Waals surface area contributed by atoms with Gasteiger partial charge in [-0.1, -0.05) is 11.8 Å². The summed E-state index contributed by atoms with van der Waals surface area (Å²) in [5, 5.41) is 6.29. The van der Waals surface area contributed by atoms with E-state index in [1.54, 1.807) is 24.2 Å². The Morgan fingerprint density at radius 3 is 2.36 bits per heavy atom. The van der Waals surface area contributed by atoms with Gasteiger partial charge in [-0.25, -0.2) is 0 Å². The number of carbonyl (C=O) groups is 1. The summed E-state index contributed by atoms with van der Waals surface area (Å²) in [4.78, 5) is 18.5. The Labute approximate surface area is 134 Å². The first-order valence-corrected chi connectivity index (χ1v) is 8.32. The molecule has 1 fully saturated rings. The molecule has 114 valence electrons. The molecule has 1 aromatic carbocycles. The van der Waals surface area contributed by atoms with E-state index in [-0.39, 0.29) is 11.8 Å². The Morgan fingerprint density at radius 2 is 1.68 bits per heavy atom. The highest BCUT2D eigenvalue weighted by atomic mass is 32.2. The van der Waals surface area contributed by atoms with Crippen LogP contribution in [0.5, 0.6) is 0 Å². The van der Waals surface area contributed by atoms with Crippen molar-refractivity contribution < 1.29 is 4.79 Å². The highest BCUT2D eigenvalue weighted by molar-refractivity contribution is 7.99. The van der Waals surface area contributed by atoms with Crippen molar-refractivity contribution in [2.75, 3.05) is 18.4 Å². The van der Waals surface area contributed by atoms with Gasteiger partial charge in [0.15, 0.2) is 0 Å². The highest BCUT2D eigenvalue weighted by Gasteiger charge is 2.20. The van der Waals surface area contributed by atoms with Gasteiger partial charge in [-0.3, -0.25) is 9.78 Å². The van der Waals surface area contributed by atoms with Crippen LogP contribution in [0.25, 0.3) is 0 Å². The van der Waals surface area contributed by atoms with Crippen molar-refractivity contribution in [3.63, 3.8) is 0 Å². The van der Waals surface area contributed by atoms with Gasteiger partial charge in [0.1, 0.15) is 0 Å². The van der Waals surface area contributed by atoms with Gasteiger partial charge in [-0.15, -0.1) is 0 Å². The molecule has 2 heterocycles. The second kappa shape index (κ2) is 7.42. The fraction of sp³-hybridized carbons (Fsp3) is 0.294. The molecule has 0 saturated carbocycles. The summed E-state index contributed by atoms with van der Waals surface area (Å²) in [5.41, 5.74) is 0.864. The van der Waals surface area contributed by atoms with Crippen molar-refractivity contribution in [1.82, 2.24) is 10.3 Å². The summed E-state index contributed by atoms with van der Waals surface area (Å²) in [6.45, 7) is 1.86. The first-order valence-electron chi connectivity index (χ1n) is 7.51. The Balaban J connectivity index is 1.58. The number of carbonyl (C=O) groups excluding carboxylic acids is 1. The monoisotopic (exact) mass is 313 g/mol. The van der Waals surface area contributed by atoms with Crippen LogP contribution in [0.4, 0.5) is 5.69 Å². The molecule has 5 heteroatoms. The van der Waals surface area contributed by atoms with Crippen LogP contribution in [-0.4, -0.2) is 24.0 Å². The van der Waals surface area contributed by atoms with E-state index >= 15 is 0 Å². The first kappa shape index (κ1) is 15.1. The first-order chi connectivity index (χ1) is 10.8. The molecule has 22 heavy (non-hydrogen) atoms. The average molecular weight is 313 g/mol. The van der Waals surface area contributed by atoms with Gasteiger partial charge in [0, 0.05) is 33.8 Å². The second-order valence-electron chi connectivity index (χ2n) is 5.32. The lowest BCUT2D eigenvalue weighted by molar-refractivity contribution is -0.120. The molecule has 4 nitrogen and oxygen atoms in total. The standard InChI is InChI=1S/C17H19N3OS/c21-17(13-5-9-18-10-6-13)20-14-1-3-15(4-2-14)22-16-7-11-19-12-8-16/h1-4,7-8,11-13,18H,5-6,9-10H2,(H,20,21). The van der Waals surface area contributed by atoms with Gasteiger partial charge in [-0.2, -0.15) is 0 Å². The number of nitrogens with one attached hydrogen (secondary N) is 2. The van der Waals surface area contributed by atoms with Crippen molar-refractivity contribution >= 4 is 23.4 Å². The number of amides is 1. The molecule has 1 aliphatic heterocycles. The highest BCUT2D eigenvalue weighted by Crippen LogP contribution is 2.28. The van der Waals surface area contributed by atoms with Crippen molar-refractivity contribution in [3.8, 4) is 0 Å². The summed E-state index contributed by atoms with van der Waals surface area (Å²) in [6.07, 6.45) is 5.41. The fourth-order valence-electron chi connectivity index (χ4n) is 2.48. The summed E-state index contributed by atoms with van der Waals surface area (Å²) >= 11 is 1.68. The Morgan fingerprint density at radius 1 is 1.05 bits per heavy atom. The van der Waals surface area contributed by atoms with Crippen molar-refractivity contribution in [3.05, 3.63) is 48.8 Å². The van der Waals surface area contributed by atoms with Crippen molar-refractivity contribution in [1.29, 1.82) is 0 Å². The Hall–Kier alpha value is -1.85. The topological polar surface area (TPSA) is 54.0 Å². The molecular formula is C17H19N3OS. The number of benzene rings is 1. The van der Waals surface area contributed by atoms with Crippen LogP contribution in [0.2, 0.25) is 0 Å². The quantitative estimate of drug-likeness (QED) is 0.910. The molecular weight excluding hydrogens is 294 g/mol. The minimum absolute atomic E-state index is 0.132. The van der Waals surface area contributed by atoms with E-state index in [0.29, 0.717) is 0 Å². The SMILES string of the molecule is O=C(Nc1ccc(Sc2ccncc2)cc1)C1CCNCC1. The maximum Gasteiger partial charge on any atom is 0.227 e. The van der Waals surface area contributed by atoms with Gasteiger partial charge in [0.2, 0.25) is 5.91 Å². The fourth-order valence-corrected chi connectivity index (χ4v) is 3.28. The van der Waals surface area contributed by atoms with Crippen LogP contribution in [-0.2, 0) is 4.79 Å². The number of piperidine rings is 1. The third kappa shape index (κ3) is 4.08. The molecule has 0 bridgehead atoms. The average Bonchev–Trinajstić information content (AvgIpc) is 2.58. The van der Waals surface area contributed by atoms with E-state index in [0.717, 1.165) is 41.4 Å². The number of rotatable bonds is 4. The van der Waals surface area contributed by atoms with Crippen LogP contribution in [0.1, 0.15) is 12.8 Å². The normalized spacial score (nSPS) is 15.5. The smallest absolute Gasteiger partial charge is 0.227 e. The third-order valence-electron chi connectivity index (χ3n) is 3.72. The van der Waals surface area contributed by atoms with Crippen molar-refractivity contribution in [2.24, 2.45) is 5.92 Å². The molecule has 2 aromatic rings. The number of pyridine rings is 1. The molecule has 0 aliphatic carbocycles. The second-order valence-corrected chi connectivity index (χ2v) is 6.47. The summed E-state index contributed by atoms with van der Waals surface area (Å²) < 4.78 is 0. The van der Waals surface area contributed by atoms with Gasteiger partial charge in [0.25, 0.3) is 0 Å². The van der Waals surface area contributed by atoms with E-state index in [4.69, 9.17) is 0 Å². The predicted molar refractivity (Wildman–Crippen MR) is 89.0 cm³/mol. The third-order valence-corrected chi connectivity index (χ3v) is 4.73. The van der Waals surface area contributed by atoms with Gasteiger partial charge in [0.05, 0.1) is 0 Å². The minimum Gasteiger partial charge on any atom is -0.326 e. The molecule has 0 radical (unpaired) electrons. The molecule has 0 atom stereocenters. The van der Waals surface area contributed by atoms with Crippen LogP contribution in [0.15, 0.2) is 58.6 Å². The zero-order valence-electron chi connectivity index (χ0n) is 12.3. The summed E-state index contributed by atoms with van der Waals surface area (Å²) in [7, 11) is 0. The molecule has 0 unspecified atom stereocenters. The van der Waals surface area contributed by atoms with E-state index < -0.39 is 0 Å². The lowest BCUT2D eigenvalue weighted by Crippen LogP contribution is -2.34. The van der Waals surface area contributed by atoms with Crippen LogP contribution in [0, 0.1) is 5.92 Å². The number of nitrogens with zero attached hydrogens (tertiary/aromatic N) is 1. The number of anilines is 1. The number of hydrogen-bond donors (Lipinski definition) is 2. The molecule has 0 spiro atoms. The molecule has 3 rings (SSSR count). The van der Waals surface area contributed by atoms with E-state index in [1.165, 1.54) is 0 Å². The van der Waals surface area contributed by atoms with Crippen LogP contribution >= 0.6 is 11.8 Å². The van der Waals surface area contributed by atoms with Gasteiger partial charge >= 0.3 is 0 Å². The number of hydrogen-bond acceptors (Lipinski definition) is 4. The van der Waals surface area contributed by atoms with E-state index in [1.807, 2.05) is 36.4 Å². The Bertz CT molecular complexity index is 610. The lowest BCUT2D eigenvalue weighted by Gasteiger charge is -2.21. The maximum atomic E-state index is 12.2. The van der Waals surface area contributed by atoms with Crippen LogP contribution < -0.4 is 10.6 Å². The summed E-state index contributed by atoms with van der Waals surface area (Å²) in [6, 6.07) is 12.0. The molecule has 2 N–H and O–H groups in total.